The van der Waals surface area contributed by atoms with Crippen molar-refractivity contribution in [3.05, 3.63) is 12.7 Å². The van der Waals surface area contributed by atoms with Gasteiger partial charge in [-0.25, -0.2) is 0 Å². The van der Waals surface area contributed by atoms with Crippen molar-refractivity contribution in [2.75, 3.05) is 20.3 Å². The Balaban J connectivity index is 2.33. The van der Waals surface area contributed by atoms with Gasteiger partial charge >= 0.3 is 0 Å². The Labute approximate surface area is 200 Å². The van der Waals surface area contributed by atoms with Crippen LogP contribution in [0, 0.1) is 0 Å². The van der Waals surface area contributed by atoms with Crippen LogP contribution in [0.5, 0.6) is 0 Å². The lowest BCUT2D eigenvalue weighted by atomic mass is 9.95. The molecule has 11 nitrogen and oxygen atoms in total. The predicted molar refractivity (Wildman–Crippen MR) is 112 cm³/mol. The molecule has 2 aliphatic heterocycles. The lowest BCUT2D eigenvalue weighted by Gasteiger charge is -2.47. The highest BCUT2D eigenvalue weighted by molar-refractivity contribution is 6.76. The van der Waals surface area contributed by atoms with E-state index in [-0.39, 0.29) is 6.61 Å². The van der Waals surface area contributed by atoms with Gasteiger partial charge in [0.15, 0.2) is 12.6 Å². The summed E-state index contributed by atoms with van der Waals surface area (Å²) in [6, 6.07) is -1.28. The number of carbonyl (C=O) groups excluding carboxylic acids is 1. The first kappa shape index (κ1) is 28.0. The summed E-state index contributed by atoms with van der Waals surface area (Å²) in [6.07, 6.45) is -9.90. The monoisotopic (exact) mass is 523 g/mol. The number of carbonyl (C=O) groups is 1. The van der Waals surface area contributed by atoms with Crippen molar-refractivity contribution in [2.45, 2.75) is 72.1 Å². The molecular weight excluding hydrogens is 497 g/mol. The minimum atomic E-state index is -2.36. The Kier molecular flexibility index (Phi) is 10.4. The van der Waals surface area contributed by atoms with E-state index in [0.29, 0.717) is 0 Å². The molecule has 0 aromatic carbocycles. The molecule has 2 rings (SSSR count). The van der Waals surface area contributed by atoms with Crippen molar-refractivity contribution >= 4 is 40.7 Å². The highest BCUT2D eigenvalue weighted by Gasteiger charge is 2.52. The molecule has 5 N–H and O–H groups in total. The minimum absolute atomic E-state index is 0.0282. The number of alkyl halides is 3. The van der Waals surface area contributed by atoms with E-state index in [2.05, 4.69) is 11.9 Å². The number of hydrogen-bond acceptors (Lipinski definition) is 10. The highest BCUT2D eigenvalue weighted by atomic mass is 35.6. The van der Waals surface area contributed by atoms with E-state index in [1.807, 2.05) is 0 Å². The SMILES string of the molecule is C=CCO[C@@H]1O[C@H](CO)[C@@H](O)[C@H](O[C@@H]2O[C@@H](C)[C@H](OC)[C@@H](O)[C@H]2O)[C@H]1NC(=O)C(Cl)(Cl)Cl. The highest BCUT2D eigenvalue weighted by Crippen LogP contribution is 2.32. The molecule has 2 heterocycles. The van der Waals surface area contributed by atoms with Crippen LogP contribution in [0.4, 0.5) is 0 Å². The van der Waals surface area contributed by atoms with Gasteiger partial charge in [-0.15, -0.1) is 6.58 Å². The van der Waals surface area contributed by atoms with Crippen LogP contribution in [0.15, 0.2) is 12.7 Å². The number of methoxy groups -OCH3 is 1. The molecule has 10 atom stereocenters. The molecule has 0 unspecified atom stereocenters. The molecule has 0 aromatic rings. The van der Waals surface area contributed by atoms with Crippen molar-refractivity contribution in [3.8, 4) is 0 Å². The van der Waals surface area contributed by atoms with Crippen LogP contribution in [0.3, 0.4) is 0 Å². The van der Waals surface area contributed by atoms with Gasteiger partial charge in [0.05, 0.1) is 19.3 Å². The number of aliphatic hydroxyl groups is 4. The molecule has 2 fully saturated rings. The van der Waals surface area contributed by atoms with E-state index in [1.165, 1.54) is 13.2 Å². The van der Waals surface area contributed by atoms with Crippen LogP contribution < -0.4 is 5.32 Å². The van der Waals surface area contributed by atoms with Crippen LogP contribution in [-0.4, -0.2) is 112 Å². The number of nitrogens with one attached hydrogen (secondary N) is 1. The van der Waals surface area contributed by atoms with Gasteiger partial charge in [-0.2, -0.15) is 0 Å². The van der Waals surface area contributed by atoms with Gasteiger partial charge in [0.25, 0.3) is 9.70 Å². The first-order valence-corrected chi connectivity index (χ1v) is 10.8. The Morgan fingerprint density at radius 2 is 1.78 bits per heavy atom. The fraction of sp³-hybridized carbons (Fsp3) is 0.833. The average molecular weight is 525 g/mol. The third kappa shape index (κ3) is 6.44. The third-order valence-electron chi connectivity index (χ3n) is 5.13. The lowest BCUT2D eigenvalue weighted by Crippen LogP contribution is -2.68. The number of ether oxygens (including phenoxy) is 5. The molecule has 32 heavy (non-hydrogen) atoms. The first-order chi connectivity index (χ1) is 15.0. The topological polar surface area (TPSA) is 156 Å². The molecule has 186 valence electrons. The second kappa shape index (κ2) is 11.9. The van der Waals surface area contributed by atoms with Gasteiger partial charge in [-0.3, -0.25) is 4.79 Å². The molecule has 2 aliphatic rings. The standard InChI is InChI=1S/C18H28Cl3NO10/c1-4-5-29-15-9(22-17(27)18(19,20)21)14(10(24)8(6-23)31-15)32-16-12(26)11(25)13(28-3)7(2)30-16/h4,7-16,23-26H,1,5-6H2,2-3H3,(H,22,27)/t7-,8+,9+,10+,11-,12+,13-,14+,15+,16-/m0/s1. The summed E-state index contributed by atoms with van der Waals surface area (Å²) in [5, 5.41) is 43.6. The van der Waals surface area contributed by atoms with Crippen LogP contribution >= 0.6 is 34.8 Å². The van der Waals surface area contributed by atoms with Gasteiger partial charge < -0.3 is 49.4 Å². The van der Waals surface area contributed by atoms with Gasteiger partial charge in [0, 0.05) is 7.11 Å². The largest absolute Gasteiger partial charge is 0.394 e. The molecular formula is C18H28Cl3NO10. The van der Waals surface area contributed by atoms with Crippen LogP contribution in [0.25, 0.3) is 0 Å². The molecule has 2 saturated heterocycles. The maximum absolute atomic E-state index is 12.3. The Morgan fingerprint density at radius 1 is 1.12 bits per heavy atom. The van der Waals surface area contributed by atoms with E-state index >= 15 is 0 Å². The number of aliphatic hydroxyl groups excluding tert-OH is 4. The quantitative estimate of drug-likeness (QED) is 0.197. The van der Waals surface area contributed by atoms with Crippen molar-refractivity contribution in [2.24, 2.45) is 0 Å². The average Bonchev–Trinajstić information content (AvgIpc) is 2.73. The third-order valence-corrected chi connectivity index (χ3v) is 5.64. The zero-order valence-electron chi connectivity index (χ0n) is 17.3. The molecule has 1 amide bonds. The zero-order chi connectivity index (χ0) is 24.2. The summed E-state index contributed by atoms with van der Waals surface area (Å²) in [4.78, 5) is 12.3. The minimum Gasteiger partial charge on any atom is -0.394 e. The van der Waals surface area contributed by atoms with Crippen molar-refractivity contribution < 1.29 is 48.9 Å². The summed E-state index contributed by atoms with van der Waals surface area (Å²) >= 11 is 16.9. The Bertz CT molecular complexity index is 639. The van der Waals surface area contributed by atoms with E-state index in [0.717, 1.165) is 0 Å². The first-order valence-electron chi connectivity index (χ1n) is 9.70. The summed E-state index contributed by atoms with van der Waals surface area (Å²) in [7, 11) is 1.35. The van der Waals surface area contributed by atoms with Crippen LogP contribution in [0.1, 0.15) is 6.92 Å². The number of rotatable bonds is 8. The Morgan fingerprint density at radius 3 is 2.31 bits per heavy atom. The van der Waals surface area contributed by atoms with Crippen LogP contribution in [0.2, 0.25) is 0 Å². The molecule has 14 heteroatoms. The summed E-state index contributed by atoms with van der Waals surface area (Å²) in [6.45, 7) is 4.46. The fourth-order valence-corrected chi connectivity index (χ4v) is 3.69. The van der Waals surface area contributed by atoms with Gasteiger partial charge in [-0.05, 0) is 6.92 Å². The molecule has 0 spiro atoms. The molecule has 0 bridgehead atoms. The van der Waals surface area contributed by atoms with Gasteiger partial charge in [0.1, 0.15) is 42.7 Å². The molecule has 0 saturated carbocycles. The summed E-state index contributed by atoms with van der Waals surface area (Å²) in [5.74, 6) is -1.07. The maximum atomic E-state index is 12.3. The second-order valence-electron chi connectivity index (χ2n) is 7.33. The van der Waals surface area contributed by atoms with Crippen molar-refractivity contribution in [3.63, 3.8) is 0 Å². The summed E-state index contributed by atoms with van der Waals surface area (Å²) < 4.78 is 25.2. The molecule has 0 aromatic heterocycles. The van der Waals surface area contributed by atoms with E-state index in [4.69, 9.17) is 58.5 Å². The maximum Gasteiger partial charge on any atom is 0.272 e. The van der Waals surface area contributed by atoms with E-state index in [9.17, 15) is 25.2 Å². The van der Waals surface area contributed by atoms with Crippen molar-refractivity contribution in [1.29, 1.82) is 0 Å². The van der Waals surface area contributed by atoms with Gasteiger partial charge in [-0.1, -0.05) is 40.9 Å². The predicted octanol–water partition coefficient (Wildman–Crippen LogP) is -1.01. The van der Waals surface area contributed by atoms with Gasteiger partial charge in [0.2, 0.25) is 0 Å². The normalized spacial score (nSPS) is 40.7. The fourth-order valence-electron chi connectivity index (χ4n) is 3.52. The Hall–Kier alpha value is -0.280. The number of hydrogen-bond donors (Lipinski definition) is 5. The van der Waals surface area contributed by atoms with E-state index in [1.54, 1.807) is 6.92 Å². The van der Waals surface area contributed by atoms with Crippen LogP contribution in [-0.2, 0) is 28.5 Å². The lowest BCUT2D eigenvalue weighted by molar-refractivity contribution is -0.341. The second-order valence-corrected chi connectivity index (χ2v) is 9.61. The number of amides is 1. The number of halogens is 3. The zero-order valence-corrected chi connectivity index (χ0v) is 19.6. The summed E-state index contributed by atoms with van der Waals surface area (Å²) in [5.41, 5.74) is 0. The molecule has 0 aliphatic carbocycles. The molecule has 0 radical (unpaired) electrons. The van der Waals surface area contributed by atoms with Crippen molar-refractivity contribution in [1.82, 2.24) is 5.32 Å². The smallest absolute Gasteiger partial charge is 0.272 e. The van der Waals surface area contributed by atoms with E-state index < -0.39 is 77.7 Å².